The van der Waals surface area contributed by atoms with E-state index >= 15 is 0 Å². The Morgan fingerprint density at radius 3 is 2.25 bits per heavy atom. The molecule has 0 amide bonds. The maximum absolute atomic E-state index is 10.1. The molecule has 1 atom stereocenters. The van der Waals surface area contributed by atoms with Crippen LogP contribution in [-0.2, 0) is 0 Å². The zero-order valence-electron chi connectivity index (χ0n) is 13.4. The van der Waals surface area contributed by atoms with E-state index in [1.54, 1.807) is 0 Å². The quantitative estimate of drug-likeness (QED) is 0.784. The highest BCUT2D eigenvalue weighted by Crippen LogP contribution is 2.32. The standard InChI is InChI=1S/C16H20O2.C2H6/c1-9-5-11(3)12(4)13(6-9)14-7-10(2)8-15(17)16(14)18;1-2/h5-7,15,17-18H,8H2,1-4H3;1-2H3. The van der Waals surface area contributed by atoms with Crippen molar-refractivity contribution in [1.29, 1.82) is 0 Å². The van der Waals surface area contributed by atoms with Crippen molar-refractivity contribution in [1.82, 2.24) is 0 Å². The molecule has 0 radical (unpaired) electrons. The molecule has 1 aromatic rings. The first kappa shape index (κ1) is 16.5. The Morgan fingerprint density at radius 1 is 1.05 bits per heavy atom. The van der Waals surface area contributed by atoms with Gasteiger partial charge in [-0.15, -0.1) is 0 Å². The third-order valence-electron chi connectivity index (χ3n) is 3.60. The second-order valence-electron chi connectivity index (χ2n) is 5.26. The molecule has 1 aromatic carbocycles. The van der Waals surface area contributed by atoms with Crippen LogP contribution in [-0.4, -0.2) is 16.3 Å². The molecule has 2 N–H and O–H groups in total. The SMILES string of the molecule is CC.CC1=CC(c2cc(C)cc(C)c2C)=C(O)C(O)C1. The number of benzene rings is 1. The van der Waals surface area contributed by atoms with E-state index in [1.807, 2.05) is 33.8 Å². The van der Waals surface area contributed by atoms with Gasteiger partial charge in [-0.25, -0.2) is 0 Å². The zero-order chi connectivity index (χ0) is 15.4. The van der Waals surface area contributed by atoms with Gasteiger partial charge in [0.05, 0.1) is 0 Å². The molecule has 0 aromatic heterocycles. The van der Waals surface area contributed by atoms with Gasteiger partial charge in [-0.1, -0.05) is 43.2 Å². The van der Waals surface area contributed by atoms with Crippen molar-refractivity contribution in [2.24, 2.45) is 0 Å². The maximum atomic E-state index is 10.1. The van der Waals surface area contributed by atoms with Crippen molar-refractivity contribution in [3.63, 3.8) is 0 Å². The van der Waals surface area contributed by atoms with Crippen LogP contribution in [0.25, 0.3) is 5.57 Å². The van der Waals surface area contributed by atoms with Gasteiger partial charge < -0.3 is 10.2 Å². The summed E-state index contributed by atoms with van der Waals surface area (Å²) in [6.45, 7) is 12.1. The number of rotatable bonds is 1. The monoisotopic (exact) mass is 274 g/mol. The van der Waals surface area contributed by atoms with Gasteiger partial charge in [-0.3, -0.25) is 0 Å². The summed E-state index contributed by atoms with van der Waals surface area (Å²) in [6.07, 6.45) is 1.72. The Morgan fingerprint density at radius 2 is 1.65 bits per heavy atom. The minimum absolute atomic E-state index is 0.0914. The summed E-state index contributed by atoms with van der Waals surface area (Å²) in [4.78, 5) is 0. The van der Waals surface area contributed by atoms with Gasteiger partial charge in [-0.05, 0) is 44.4 Å². The fourth-order valence-corrected chi connectivity index (χ4v) is 2.50. The number of aryl methyl sites for hydroxylation is 2. The fraction of sp³-hybridized carbons (Fsp3) is 0.444. The summed E-state index contributed by atoms with van der Waals surface area (Å²) in [5.41, 5.74) is 6.39. The van der Waals surface area contributed by atoms with E-state index < -0.39 is 6.10 Å². The van der Waals surface area contributed by atoms with E-state index in [-0.39, 0.29) is 5.76 Å². The largest absolute Gasteiger partial charge is 0.509 e. The highest BCUT2D eigenvalue weighted by atomic mass is 16.3. The molecule has 0 saturated heterocycles. The van der Waals surface area contributed by atoms with Gasteiger partial charge in [0.15, 0.2) is 0 Å². The average Bonchev–Trinajstić information content (AvgIpc) is 2.40. The van der Waals surface area contributed by atoms with E-state index in [0.717, 1.165) is 22.3 Å². The van der Waals surface area contributed by atoms with Crippen molar-refractivity contribution >= 4 is 5.57 Å². The molecule has 1 aliphatic carbocycles. The summed E-state index contributed by atoms with van der Waals surface area (Å²) in [5.74, 6) is 0.0914. The number of hydrogen-bond acceptors (Lipinski definition) is 2. The number of hydrogen-bond donors (Lipinski definition) is 2. The molecule has 0 aliphatic heterocycles. The second kappa shape index (κ2) is 6.76. The van der Waals surface area contributed by atoms with Gasteiger partial charge >= 0.3 is 0 Å². The lowest BCUT2D eigenvalue weighted by Gasteiger charge is -2.21. The van der Waals surface area contributed by atoms with Gasteiger partial charge in [-0.2, -0.15) is 0 Å². The fourth-order valence-electron chi connectivity index (χ4n) is 2.50. The Bertz CT molecular complexity index is 551. The number of aliphatic hydroxyl groups excluding tert-OH is 2. The van der Waals surface area contributed by atoms with E-state index in [9.17, 15) is 10.2 Å². The van der Waals surface area contributed by atoms with Crippen LogP contribution in [0.5, 0.6) is 0 Å². The predicted molar refractivity (Wildman–Crippen MR) is 85.9 cm³/mol. The summed E-state index contributed by atoms with van der Waals surface area (Å²) in [6, 6.07) is 4.20. The minimum atomic E-state index is -0.773. The second-order valence-corrected chi connectivity index (χ2v) is 5.26. The zero-order valence-corrected chi connectivity index (χ0v) is 13.4. The Labute approximate surface area is 122 Å². The maximum Gasteiger partial charge on any atom is 0.129 e. The van der Waals surface area contributed by atoms with Crippen LogP contribution in [0.4, 0.5) is 0 Å². The van der Waals surface area contributed by atoms with E-state index in [2.05, 4.69) is 26.0 Å². The molecule has 1 aliphatic rings. The van der Waals surface area contributed by atoms with Crippen molar-refractivity contribution < 1.29 is 10.2 Å². The van der Waals surface area contributed by atoms with E-state index in [0.29, 0.717) is 6.42 Å². The molecule has 0 saturated carbocycles. The van der Waals surface area contributed by atoms with Crippen molar-refractivity contribution in [3.8, 4) is 0 Å². The molecule has 20 heavy (non-hydrogen) atoms. The Hall–Kier alpha value is -1.54. The first-order valence-corrected chi connectivity index (χ1v) is 7.26. The third-order valence-corrected chi connectivity index (χ3v) is 3.60. The summed E-state index contributed by atoms with van der Waals surface area (Å²) < 4.78 is 0. The number of allylic oxidation sites excluding steroid dienone is 2. The smallest absolute Gasteiger partial charge is 0.129 e. The molecule has 2 rings (SSSR count). The average molecular weight is 274 g/mol. The van der Waals surface area contributed by atoms with E-state index in [1.165, 1.54) is 11.1 Å². The topological polar surface area (TPSA) is 40.5 Å². The van der Waals surface area contributed by atoms with Crippen molar-refractivity contribution in [2.75, 3.05) is 0 Å². The van der Waals surface area contributed by atoms with Crippen LogP contribution >= 0.6 is 0 Å². The molecule has 1 unspecified atom stereocenters. The van der Waals surface area contributed by atoms with Crippen molar-refractivity contribution in [2.45, 2.75) is 54.1 Å². The molecular weight excluding hydrogens is 248 g/mol. The Kier molecular flexibility index (Phi) is 5.58. The van der Waals surface area contributed by atoms with Gasteiger partial charge in [0, 0.05) is 12.0 Å². The molecule has 0 fully saturated rings. The third kappa shape index (κ3) is 3.31. The van der Waals surface area contributed by atoms with Crippen LogP contribution in [0.1, 0.15) is 49.4 Å². The lowest BCUT2D eigenvalue weighted by molar-refractivity contribution is 0.153. The molecule has 0 heterocycles. The van der Waals surface area contributed by atoms with Gasteiger partial charge in [0.25, 0.3) is 0 Å². The molecule has 110 valence electrons. The molecule has 0 bridgehead atoms. The van der Waals surface area contributed by atoms with Crippen LogP contribution < -0.4 is 0 Å². The summed E-state index contributed by atoms with van der Waals surface area (Å²) in [7, 11) is 0. The normalized spacial score (nSPS) is 18.4. The molecule has 2 nitrogen and oxygen atoms in total. The van der Waals surface area contributed by atoms with Gasteiger partial charge in [0.1, 0.15) is 11.9 Å². The lowest BCUT2D eigenvalue weighted by atomic mass is 9.88. The van der Waals surface area contributed by atoms with Crippen LogP contribution in [0.3, 0.4) is 0 Å². The van der Waals surface area contributed by atoms with Crippen LogP contribution in [0.15, 0.2) is 29.5 Å². The Balaban J connectivity index is 0.000000956. The first-order chi connectivity index (χ1) is 9.40. The first-order valence-electron chi connectivity index (χ1n) is 7.26. The lowest BCUT2D eigenvalue weighted by Crippen LogP contribution is -2.16. The minimum Gasteiger partial charge on any atom is -0.509 e. The highest BCUT2D eigenvalue weighted by Gasteiger charge is 2.22. The van der Waals surface area contributed by atoms with Crippen LogP contribution in [0.2, 0.25) is 0 Å². The van der Waals surface area contributed by atoms with Crippen molar-refractivity contribution in [3.05, 3.63) is 51.8 Å². The molecule has 2 heteroatoms. The summed E-state index contributed by atoms with van der Waals surface area (Å²) in [5, 5.41) is 20.0. The number of aliphatic hydroxyl groups is 2. The molecular formula is C18H26O2. The summed E-state index contributed by atoms with van der Waals surface area (Å²) >= 11 is 0. The predicted octanol–water partition coefficient (Wildman–Crippen LogP) is 4.62. The molecule has 0 spiro atoms. The van der Waals surface area contributed by atoms with Gasteiger partial charge in [0.2, 0.25) is 0 Å². The highest BCUT2D eigenvalue weighted by molar-refractivity contribution is 5.80. The van der Waals surface area contributed by atoms with Crippen LogP contribution in [0, 0.1) is 20.8 Å². The van der Waals surface area contributed by atoms with E-state index in [4.69, 9.17) is 0 Å².